The fourth-order valence-electron chi connectivity index (χ4n) is 2.47. The first-order valence-corrected chi connectivity index (χ1v) is 5.39. The molecule has 2 heteroatoms. The van der Waals surface area contributed by atoms with Crippen molar-refractivity contribution in [3.63, 3.8) is 0 Å². The molecule has 0 aliphatic carbocycles. The van der Waals surface area contributed by atoms with Crippen LogP contribution < -0.4 is 0 Å². The average molecular weight is 206 g/mol. The lowest BCUT2D eigenvalue weighted by Gasteiger charge is -2.01. The van der Waals surface area contributed by atoms with E-state index in [0.717, 1.165) is 0 Å². The van der Waals surface area contributed by atoms with E-state index in [9.17, 15) is 0 Å². The first-order chi connectivity index (χ1) is 7.93. The molecule has 4 aromatic rings. The zero-order valence-electron chi connectivity index (χ0n) is 8.62. The van der Waals surface area contributed by atoms with Gasteiger partial charge in [0.05, 0.1) is 11.0 Å². The van der Waals surface area contributed by atoms with E-state index in [1.54, 1.807) is 0 Å². The minimum absolute atomic E-state index is 1.21. The summed E-state index contributed by atoms with van der Waals surface area (Å²) in [6, 6.07) is 12.9. The van der Waals surface area contributed by atoms with E-state index >= 15 is 0 Å². The second-order valence-electron chi connectivity index (χ2n) is 4.11. The molecular weight excluding hydrogens is 196 g/mol. The third kappa shape index (κ3) is 0.865. The molecule has 2 nitrogen and oxygen atoms in total. The number of fused-ring (bicyclic) bond motifs is 5. The van der Waals surface area contributed by atoms with E-state index < -0.39 is 0 Å². The summed E-state index contributed by atoms with van der Waals surface area (Å²) < 4.78 is 0. The van der Waals surface area contributed by atoms with Crippen molar-refractivity contribution in [2.24, 2.45) is 0 Å². The molecule has 0 fully saturated rings. The number of rotatable bonds is 0. The van der Waals surface area contributed by atoms with Crippen molar-refractivity contribution in [1.82, 2.24) is 9.97 Å². The van der Waals surface area contributed by atoms with Gasteiger partial charge in [-0.05, 0) is 17.5 Å². The maximum absolute atomic E-state index is 3.32. The second-order valence-corrected chi connectivity index (χ2v) is 4.11. The maximum atomic E-state index is 3.32. The van der Waals surface area contributed by atoms with Gasteiger partial charge < -0.3 is 9.97 Å². The Morgan fingerprint density at radius 3 is 1.62 bits per heavy atom. The lowest BCUT2D eigenvalue weighted by atomic mass is 10.1. The van der Waals surface area contributed by atoms with Crippen molar-refractivity contribution < 1.29 is 0 Å². The highest BCUT2D eigenvalue weighted by molar-refractivity contribution is 6.17. The standard InChI is InChI=1S/C14H10N2/c1-3-10-5-7-15-13(10)12-9(1)2-4-11-6-8-16-14(11)12/h1-8,15-16H. The highest BCUT2D eigenvalue weighted by atomic mass is 14.7. The Balaban J connectivity index is 2.44. The van der Waals surface area contributed by atoms with E-state index in [0.29, 0.717) is 0 Å². The topological polar surface area (TPSA) is 31.6 Å². The molecule has 0 aliphatic heterocycles. The lowest BCUT2D eigenvalue weighted by molar-refractivity contribution is 1.47. The Kier molecular flexibility index (Phi) is 1.33. The minimum atomic E-state index is 1.21. The van der Waals surface area contributed by atoms with Gasteiger partial charge in [0.15, 0.2) is 0 Å². The number of aromatic amines is 2. The molecule has 2 N–H and O–H groups in total. The molecule has 0 amide bonds. The quantitative estimate of drug-likeness (QED) is 0.438. The summed E-state index contributed by atoms with van der Waals surface area (Å²) in [7, 11) is 0. The third-order valence-corrected chi connectivity index (χ3v) is 3.23. The van der Waals surface area contributed by atoms with Crippen LogP contribution in [0.3, 0.4) is 0 Å². The highest BCUT2D eigenvalue weighted by Crippen LogP contribution is 2.30. The summed E-state index contributed by atoms with van der Waals surface area (Å²) >= 11 is 0. The molecule has 76 valence electrons. The van der Waals surface area contributed by atoms with Crippen molar-refractivity contribution in [2.75, 3.05) is 0 Å². The van der Waals surface area contributed by atoms with E-state index in [-0.39, 0.29) is 0 Å². The van der Waals surface area contributed by atoms with Gasteiger partial charge in [-0.3, -0.25) is 0 Å². The molecule has 0 unspecified atom stereocenters. The summed E-state index contributed by atoms with van der Waals surface area (Å²) in [4.78, 5) is 6.65. The largest absolute Gasteiger partial charge is 0.361 e. The van der Waals surface area contributed by atoms with Gasteiger partial charge in [-0.2, -0.15) is 0 Å². The Labute approximate surface area is 91.9 Å². The Morgan fingerprint density at radius 1 is 0.562 bits per heavy atom. The van der Waals surface area contributed by atoms with Crippen LogP contribution in [-0.4, -0.2) is 9.97 Å². The maximum Gasteiger partial charge on any atom is 0.0554 e. The number of aromatic nitrogens is 2. The van der Waals surface area contributed by atoms with Crippen LogP contribution in [0.2, 0.25) is 0 Å². The molecule has 2 aromatic heterocycles. The molecule has 0 spiro atoms. The molecule has 0 aliphatic rings. The van der Waals surface area contributed by atoms with Gasteiger partial charge in [-0.15, -0.1) is 0 Å². The van der Waals surface area contributed by atoms with Crippen LogP contribution in [-0.2, 0) is 0 Å². The number of benzene rings is 2. The van der Waals surface area contributed by atoms with Crippen molar-refractivity contribution in [3.05, 3.63) is 48.8 Å². The fraction of sp³-hybridized carbons (Fsp3) is 0. The molecule has 2 aromatic carbocycles. The molecule has 0 saturated carbocycles. The van der Waals surface area contributed by atoms with Gasteiger partial charge in [0.2, 0.25) is 0 Å². The Morgan fingerprint density at radius 2 is 1.06 bits per heavy atom. The summed E-state index contributed by atoms with van der Waals surface area (Å²) in [5.41, 5.74) is 2.43. The van der Waals surface area contributed by atoms with Crippen LogP contribution in [0.5, 0.6) is 0 Å². The zero-order chi connectivity index (χ0) is 10.5. The van der Waals surface area contributed by atoms with Crippen LogP contribution in [0.1, 0.15) is 0 Å². The minimum Gasteiger partial charge on any atom is -0.361 e. The summed E-state index contributed by atoms with van der Waals surface area (Å²) in [6.07, 6.45) is 3.98. The summed E-state index contributed by atoms with van der Waals surface area (Å²) in [6.45, 7) is 0. The van der Waals surface area contributed by atoms with E-state index in [1.807, 2.05) is 12.4 Å². The van der Waals surface area contributed by atoms with Crippen LogP contribution in [0, 0.1) is 0 Å². The summed E-state index contributed by atoms with van der Waals surface area (Å²) in [5.74, 6) is 0. The van der Waals surface area contributed by atoms with Crippen LogP contribution in [0.25, 0.3) is 32.6 Å². The number of H-pyrrole nitrogens is 2. The van der Waals surface area contributed by atoms with Crippen LogP contribution in [0.4, 0.5) is 0 Å². The van der Waals surface area contributed by atoms with Gasteiger partial charge in [-0.25, -0.2) is 0 Å². The molecule has 0 bridgehead atoms. The first-order valence-electron chi connectivity index (χ1n) is 5.39. The zero-order valence-corrected chi connectivity index (χ0v) is 8.62. The summed E-state index contributed by atoms with van der Waals surface area (Å²) in [5, 5.41) is 5.07. The molecule has 0 radical (unpaired) electrons. The number of hydrogen-bond donors (Lipinski definition) is 2. The van der Waals surface area contributed by atoms with Crippen LogP contribution >= 0.6 is 0 Å². The molecule has 0 atom stereocenters. The van der Waals surface area contributed by atoms with E-state index in [4.69, 9.17) is 0 Å². The number of hydrogen-bond acceptors (Lipinski definition) is 0. The lowest BCUT2D eigenvalue weighted by Crippen LogP contribution is -1.78. The SMILES string of the molecule is c1cc2ccc3ccc4cc[nH]c4c3c2[nH]1. The number of nitrogens with one attached hydrogen (secondary N) is 2. The monoisotopic (exact) mass is 206 g/mol. The Hall–Kier alpha value is -2.22. The normalized spacial score (nSPS) is 11.8. The van der Waals surface area contributed by atoms with Crippen molar-refractivity contribution in [3.8, 4) is 0 Å². The van der Waals surface area contributed by atoms with Gasteiger partial charge in [0.1, 0.15) is 0 Å². The molecule has 16 heavy (non-hydrogen) atoms. The highest BCUT2D eigenvalue weighted by Gasteiger charge is 2.05. The van der Waals surface area contributed by atoms with E-state index in [2.05, 4.69) is 46.4 Å². The molecule has 4 rings (SSSR count). The van der Waals surface area contributed by atoms with Crippen molar-refractivity contribution in [1.29, 1.82) is 0 Å². The smallest absolute Gasteiger partial charge is 0.0554 e. The second kappa shape index (κ2) is 2.67. The van der Waals surface area contributed by atoms with Crippen molar-refractivity contribution >= 4 is 32.6 Å². The molecular formula is C14H10N2. The van der Waals surface area contributed by atoms with Gasteiger partial charge >= 0.3 is 0 Å². The molecule has 0 saturated heterocycles. The van der Waals surface area contributed by atoms with Crippen molar-refractivity contribution in [2.45, 2.75) is 0 Å². The van der Waals surface area contributed by atoms with E-state index in [1.165, 1.54) is 32.6 Å². The average Bonchev–Trinajstić information content (AvgIpc) is 2.96. The first kappa shape index (κ1) is 7.99. The van der Waals surface area contributed by atoms with Gasteiger partial charge in [0.25, 0.3) is 0 Å². The molecule has 2 heterocycles. The fourth-order valence-corrected chi connectivity index (χ4v) is 2.47. The predicted octanol–water partition coefficient (Wildman–Crippen LogP) is 3.80. The van der Waals surface area contributed by atoms with Crippen LogP contribution in [0.15, 0.2) is 48.8 Å². The van der Waals surface area contributed by atoms with Gasteiger partial charge in [0, 0.05) is 28.6 Å². The third-order valence-electron chi connectivity index (χ3n) is 3.23. The predicted molar refractivity (Wildman–Crippen MR) is 67.7 cm³/mol. The Bertz CT molecular complexity index is 740. The van der Waals surface area contributed by atoms with Gasteiger partial charge in [-0.1, -0.05) is 24.3 Å².